The molecule has 1 aliphatic heterocycles. The van der Waals surface area contributed by atoms with Gasteiger partial charge in [-0.15, -0.1) is 0 Å². The van der Waals surface area contributed by atoms with E-state index in [-0.39, 0.29) is 11.7 Å². The average molecular weight is 281 g/mol. The highest BCUT2D eigenvalue weighted by molar-refractivity contribution is 6.35. The molecule has 0 aromatic heterocycles. The zero-order valence-corrected chi connectivity index (χ0v) is 11.7. The van der Waals surface area contributed by atoms with Crippen LogP contribution in [0, 0.1) is 0 Å². The first-order valence-electron chi connectivity index (χ1n) is 6.33. The number of Topliss-reactive ketones (excluding diaryl/α,β-unsaturated/α-hetero) is 1. The number of ketones is 1. The van der Waals surface area contributed by atoms with Crippen LogP contribution >= 0.6 is 11.6 Å². The first kappa shape index (κ1) is 14.0. The quantitative estimate of drug-likeness (QED) is 0.789. The lowest BCUT2D eigenvalue weighted by atomic mass is 10.2. The Morgan fingerprint density at radius 1 is 1.21 bits per heavy atom. The van der Waals surface area contributed by atoms with Crippen LogP contribution in [0.25, 0.3) is 0 Å². The summed E-state index contributed by atoms with van der Waals surface area (Å²) in [6, 6.07) is 7.79. The number of rotatable bonds is 3. The molecule has 0 bridgehead atoms. The molecule has 1 aliphatic rings. The van der Waals surface area contributed by atoms with Crippen molar-refractivity contribution in [1.82, 2.24) is 9.80 Å². The van der Waals surface area contributed by atoms with Crippen molar-refractivity contribution in [3.05, 3.63) is 34.9 Å². The van der Waals surface area contributed by atoms with Gasteiger partial charge in [-0.2, -0.15) is 0 Å². The number of carbonyl (C=O) groups excluding carboxylic acids is 2. The van der Waals surface area contributed by atoms with Crippen molar-refractivity contribution < 1.29 is 9.59 Å². The molecular weight excluding hydrogens is 264 g/mol. The van der Waals surface area contributed by atoms with Crippen molar-refractivity contribution in [2.75, 3.05) is 26.2 Å². The van der Waals surface area contributed by atoms with E-state index in [0.717, 1.165) is 24.7 Å². The van der Waals surface area contributed by atoms with Crippen molar-refractivity contribution in [2.24, 2.45) is 0 Å². The first-order chi connectivity index (χ1) is 9.06. The van der Waals surface area contributed by atoms with Crippen LogP contribution in [0.1, 0.15) is 12.5 Å². The Labute approximate surface area is 117 Å². The third-order valence-electron chi connectivity index (χ3n) is 3.26. The number of hydrogen-bond donors (Lipinski definition) is 0. The summed E-state index contributed by atoms with van der Waals surface area (Å²) in [7, 11) is 0. The Morgan fingerprint density at radius 2 is 1.89 bits per heavy atom. The van der Waals surface area contributed by atoms with Gasteiger partial charge in [0.2, 0.25) is 5.78 Å². The minimum atomic E-state index is -0.386. The Kier molecular flexibility index (Phi) is 4.56. The van der Waals surface area contributed by atoms with Gasteiger partial charge in [0.15, 0.2) is 0 Å². The number of halogens is 1. The van der Waals surface area contributed by atoms with Gasteiger partial charge in [-0.1, -0.05) is 23.7 Å². The smallest absolute Gasteiger partial charge is 0.289 e. The maximum absolute atomic E-state index is 11.5. The number of hydrogen-bond acceptors (Lipinski definition) is 3. The minimum Gasteiger partial charge on any atom is -0.334 e. The highest BCUT2D eigenvalue weighted by Crippen LogP contribution is 2.14. The molecule has 1 amide bonds. The second-order valence-corrected chi connectivity index (χ2v) is 5.19. The lowest BCUT2D eigenvalue weighted by Crippen LogP contribution is -2.49. The molecule has 0 N–H and O–H groups in total. The van der Waals surface area contributed by atoms with Gasteiger partial charge in [0.25, 0.3) is 5.91 Å². The van der Waals surface area contributed by atoms with E-state index in [1.54, 1.807) is 4.90 Å². The molecule has 1 aromatic rings. The fourth-order valence-corrected chi connectivity index (χ4v) is 2.44. The van der Waals surface area contributed by atoms with Gasteiger partial charge in [-0.25, -0.2) is 0 Å². The topological polar surface area (TPSA) is 40.6 Å². The fraction of sp³-hybridized carbons (Fsp3) is 0.429. The maximum atomic E-state index is 11.5. The molecule has 1 fully saturated rings. The molecule has 0 spiro atoms. The molecule has 2 rings (SSSR count). The third-order valence-corrected chi connectivity index (χ3v) is 3.49. The molecule has 0 aliphatic carbocycles. The van der Waals surface area contributed by atoms with Gasteiger partial charge in [0.05, 0.1) is 0 Å². The van der Waals surface area contributed by atoms with Gasteiger partial charge in [-0.05, 0) is 17.7 Å². The van der Waals surface area contributed by atoms with Crippen LogP contribution in [0.15, 0.2) is 24.3 Å². The summed E-state index contributed by atoms with van der Waals surface area (Å²) in [6.07, 6.45) is 0. The summed E-state index contributed by atoms with van der Waals surface area (Å²) in [5, 5.41) is 0.739. The van der Waals surface area contributed by atoms with Crippen molar-refractivity contribution in [1.29, 1.82) is 0 Å². The highest BCUT2D eigenvalue weighted by atomic mass is 35.5. The van der Waals surface area contributed by atoms with Gasteiger partial charge in [-0.3, -0.25) is 14.5 Å². The van der Waals surface area contributed by atoms with E-state index >= 15 is 0 Å². The standard InChI is InChI=1S/C14H17ClN2O2/c1-11(18)14(19)17-7-5-16(6-8-17)10-12-3-2-4-13(15)9-12/h2-4,9H,5-8,10H2,1H3. The predicted octanol–water partition coefficient (Wildman–Crippen LogP) is 1.57. The number of nitrogens with zero attached hydrogens (tertiary/aromatic N) is 2. The second kappa shape index (κ2) is 6.17. The Morgan fingerprint density at radius 3 is 2.47 bits per heavy atom. The third kappa shape index (κ3) is 3.78. The van der Waals surface area contributed by atoms with Crippen molar-refractivity contribution in [3.8, 4) is 0 Å². The van der Waals surface area contributed by atoms with Crippen molar-refractivity contribution in [2.45, 2.75) is 13.5 Å². The molecule has 0 saturated carbocycles. The van der Waals surface area contributed by atoms with Crippen LogP contribution in [-0.2, 0) is 16.1 Å². The van der Waals surface area contributed by atoms with Crippen LogP contribution in [0.3, 0.4) is 0 Å². The van der Waals surface area contributed by atoms with Gasteiger partial charge in [0, 0.05) is 44.7 Å². The lowest BCUT2D eigenvalue weighted by molar-refractivity contribution is -0.144. The predicted molar refractivity (Wildman–Crippen MR) is 74.0 cm³/mol. The van der Waals surface area contributed by atoms with Crippen LogP contribution in [0.4, 0.5) is 0 Å². The maximum Gasteiger partial charge on any atom is 0.289 e. The van der Waals surface area contributed by atoms with E-state index in [0.29, 0.717) is 13.1 Å². The van der Waals surface area contributed by atoms with Crippen LogP contribution in [0.5, 0.6) is 0 Å². The van der Waals surface area contributed by atoms with Crippen molar-refractivity contribution in [3.63, 3.8) is 0 Å². The molecule has 0 radical (unpaired) electrons. The van der Waals surface area contributed by atoms with Crippen LogP contribution in [0.2, 0.25) is 5.02 Å². The van der Waals surface area contributed by atoms with Crippen molar-refractivity contribution >= 4 is 23.3 Å². The molecule has 4 nitrogen and oxygen atoms in total. The summed E-state index contributed by atoms with van der Waals surface area (Å²) in [5.74, 6) is -0.759. The summed E-state index contributed by atoms with van der Waals surface area (Å²) in [5.41, 5.74) is 1.17. The molecule has 0 unspecified atom stereocenters. The first-order valence-corrected chi connectivity index (χ1v) is 6.70. The lowest BCUT2D eigenvalue weighted by Gasteiger charge is -2.34. The second-order valence-electron chi connectivity index (χ2n) is 4.75. The van der Waals surface area contributed by atoms with E-state index < -0.39 is 0 Å². The minimum absolute atomic E-state index is 0.373. The van der Waals surface area contributed by atoms with E-state index in [1.807, 2.05) is 24.3 Å². The van der Waals surface area contributed by atoms with Gasteiger partial charge >= 0.3 is 0 Å². The summed E-state index contributed by atoms with van der Waals surface area (Å²) in [4.78, 5) is 26.5. The summed E-state index contributed by atoms with van der Waals surface area (Å²) >= 11 is 5.95. The molecule has 19 heavy (non-hydrogen) atoms. The largest absolute Gasteiger partial charge is 0.334 e. The number of carbonyl (C=O) groups is 2. The van der Waals surface area contributed by atoms with Crippen LogP contribution in [-0.4, -0.2) is 47.7 Å². The molecule has 0 atom stereocenters. The molecule has 1 aromatic carbocycles. The Balaban J connectivity index is 1.87. The fourth-order valence-electron chi connectivity index (χ4n) is 2.23. The number of benzene rings is 1. The zero-order valence-electron chi connectivity index (χ0n) is 10.9. The van der Waals surface area contributed by atoms with E-state index in [2.05, 4.69) is 4.90 Å². The average Bonchev–Trinajstić information content (AvgIpc) is 2.39. The number of amides is 1. The zero-order chi connectivity index (χ0) is 13.8. The monoisotopic (exact) mass is 280 g/mol. The Bertz CT molecular complexity index is 482. The summed E-state index contributed by atoms with van der Waals surface area (Å²) in [6.45, 7) is 4.93. The molecular formula is C14H17ClN2O2. The molecule has 102 valence electrons. The number of piperazine rings is 1. The highest BCUT2D eigenvalue weighted by Gasteiger charge is 2.23. The molecule has 1 saturated heterocycles. The van der Waals surface area contributed by atoms with Gasteiger partial charge < -0.3 is 4.90 Å². The SMILES string of the molecule is CC(=O)C(=O)N1CCN(Cc2cccc(Cl)c2)CC1. The van der Waals surface area contributed by atoms with Crippen LogP contribution < -0.4 is 0 Å². The Hall–Kier alpha value is -1.39. The molecule has 5 heteroatoms. The molecule has 1 heterocycles. The van der Waals surface area contributed by atoms with Gasteiger partial charge in [0.1, 0.15) is 0 Å². The van der Waals surface area contributed by atoms with E-state index in [9.17, 15) is 9.59 Å². The normalized spacial score (nSPS) is 16.4. The van der Waals surface area contributed by atoms with E-state index in [1.165, 1.54) is 12.5 Å². The van der Waals surface area contributed by atoms with E-state index in [4.69, 9.17) is 11.6 Å². The summed E-state index contributed by atoms with van der Waals surface area (Å²) < 4.78 is 0.